The highest BCUT2D eigenvalue weighted by Crippen LogP contribution is 2.46. The molecule has 33 heavy (non-hydrogen) atoms. The van der Waals surface area contributed by atoms with E-state index in [0.29, 0.717) is 29.1 Å². The zero-order chi connectivity index (χ0) is 23.2. The summed E-state index contributed by atoms with van der Waals surface area (Å²) >= 11 is 1.82. The molecule has 1 fully saturated rings. The van der Waals surface area contributed by atoms with Crippen LogP contribution in [0.15, 0.2) is 46.6 Å². The highest BCUT2D eigenvalue weighted by atomic mass is 32.2. The van der Waals surface area contributed by atoms with Gasteiger partial charge in [0.25, 0.3) is 5.91 Å². The number of benzene rings is 1. The molecule has 5 rings (SSSR count). The third-order valence-corrected chi connectivity index (χ3v) is 7.53. The summed E-state index contributed by atoms with van der Waals surface area (Å²) in [6.45, 7) is 7.72. The SMILES string of the molecule is CC1(C)O/C(=C2/C(=O)Nc3cc(F)ccc32)C=C1C1C=C(CNCCN2CCNC2=O)SC1. The maximum Gasteiger partial charge on any atom is 0.317 e. The van der Waals surface area contributed by atoms with Crippen LogP contribution >= 0.6 is 11.8 Å². The van der Waals surface area contributed by atoms with Crippen molar-refractivity contribution < 1.29 is 18.7 Å². The molecule has 9 heteroatoms. The van der Waals surface area contributed by atoms with E-state index in [1.54, 1.807) is 6.07 Å². The molecule has 1 atom stereocenters. The number of hydrogen-bond donors (Lipinski definition) is 3. The number of nitrogens with one attached hydrogen (secondary N) is 3. The molecule has 4 aliphatic heterocycles. The van der Waals surface area contributed by atoms with Crippen molar-refractivity contribution in [3.63, 3.8) is 0 Å². The van der Waals surface area contributed by atoms with Gasteiger partial charge in [-0.15, -0.1) is 11.8 Å². The Labute approximate surface area is 196 Å². The molecule has 174 valence electrons. The Balaban J connectivity index is 1.29. The minimum absolute atomic E-state index is 0.00958. The number of anilines is 1. The Morgan fingerprint density at radius 2 is 2.18 bits per heavy atom. The second-order valence-electron chi connectivity index (χ2n) is 9.04. The van der Waals surface area contributed by atoms with E-state index in [0.717, 1.165) is 37.5 Å². The molecular formula is C24H27FN4O3S. The molecule has 0 radical (unpaired) electrons. The highest BCUT2D eigenvalue weighted by molar-refractivity contribution is 8.03. The molecule has 0 aromatic heterocycles. The minimum atomic E-state index is -0.543. The van der Waals surface area contributed by atoms with Gasteiger partial charge in [-0.25, -0.2) is 9.18 Å². The number of ether oxygens (including phenoxy) is 1. The fourth-order valence-corrected chi connectivity index (χ4v) is 5.84. The smallest absolute Gasteiger partial charge is 0.317 e. The fraction of sp³-hybridized carbons (Fsp3) is 0.417. The standard InChI is InChI=1S/C24H27FN4O3S/c1-24(2)18(11-20(32-24)21-17-4-3-15(25)10-19(17)28-22(21)30)14-9-16(33-13-14)12-26-5-7-29-8-6-27-23(29)31/h3-4,9-11,14,26H,5-8,12-13H2,1-2H3,(H,27,31)(H,28,30)/b21-20+. The second-order valence-corrected chi connectivity index (χ2v) is 10.2. The molecule has 0 saturated carbocycles. The van der Waals surface area contributed by atoms with Crippen molar-refractivity contribution >= 4 is 35.0 Å². The third kappa shape index (κ3) is 4.27. The Morgan fingerprint density at radius 3 is 2.97 bits per heavy atom. The summed E-state index contributed by atoms with van der Waals surface area (Å²) in [6, 6.07) is 4.32. The lowest BCUT2D eigenvalue weighted by Gasteiger charge is -2.26. The zero-order valence-electron chi connectivity index (χ0n) is 18.7. The summed E-state index contributed by atoms with van der Waals surface area (Å²) in [5.41, 5.74) is 2.18. The van der Waals surface area contributed by atoms with Gasteiger partial charge in [-0.3, -0.25) is 4.79 Å². The Bertz CT molecular complexity index is 1110. The van der Waals surface area contributed by atoms with Crippen LogP contribution in [-0.4, -0.2) is 60.9 Å². The van der Waals surface area contributed by atoms with Crippen LogP contribution in [0.1, 0.15) is 19.4 Å². The largest absolute Gasteiger partial charge is 0.483 e. The fourth-order valence-electron chi connectivity index (χ4n) is 4.70. The van der Waals surface area contributed by atoms with Crippen LogP contribution in [0.4, 0.5) is 14.9 Å². The first-order chi connectivity index (χ1) is 15.8. The monoisotopic (exact) mass is 470 g/mol. The molecule has 0 aliphatic carbocycles. The third-order valence-electron chi connectivity index (χ3n) is 6.36. The van der Waals surface area contributed by atoms with Gasteiger partial charge < -0.3 is 25.6 Å². The van der Waals surface area contributed by atoms with Gasteiger partial charge in [-0.05, 0) is 48.6 Å². The molecule has 3 N–H and O–H groups in total. The molecular weight excluding hydrogens is 443 g/mol. The van der Waals surface area contributed by atoms with E-state index >= 15 is 0 Å². The highest BCUT2D eigenvalue weighted by Gasteiger charge is 2.40. The Kier molecular flexibility index (Phi) is 5.70. The molecule has 4 aliphatic rings. The number of carbonyl (C=O) groups is 2. The van der Waals surface area contributed by atoms with E-state index in [4.69, 9.17) is 4.74 Å². The van der Waals surface area contributed by atoms with E-state index in [-0.39, 0.29) is 23.7 Å². The predicted molar refractivity (Wildman–Crippen MR) is 127 cm³/mol. The summed E-state index contributed by atoms with van der Waals surface area (Å²) in [6.07, 6.45) is 4.25. The molecule has 4 heterocycles. The van der Waals surface area contributed by atoms with Crippen molar-refractivity contribution in [1.82, 2.24) is 15.5 Å². The Hall–Kier alpha value is -2.78. The normalized spacial score (nSPS) is 25.5. The molecule has 0 spiro atoms. The van der Waals surface area contributed by atoms with Crippen LogP contribution in [0, 0.1) is 11.7 Å². The summed E-state index contributed by atoms with van der Waals surface area (Å²) in [7, 11) is 0. The molecule has 7 nitrogen and oxygen atoms in total. The minimum Gasteiger partial charge on any atom is -0.483 e. The van der Waals surface area contributed by atoms with Gasteiger partial charge in [-0.1, -0.05) is 6.08 Å². The van der Waals surface area contributed by atoms with Crippen LogP contribution in [0.3, 0.4) is 0 Å². The first kappa shape index (κ1) is 22.0. The molecule has 1 aromatic rings. The quantitative estimate of drug-likeness (QED) is 0.440. The number of thioether (sulfide) groups is 1. The number of amides is 3. The average Bonchev–Trinajstić information content (AvgIpc) is 3.51. The van der Waals surface area contributed by atoms with Crippen LogP contribution in [-0.2, 0) is 9.53 Å². The number of rotatable bonds is 6. The molecule has 1 saturated heterocycles. The number of carbonyl (C=O) groups excluding carboxylic acids is 2. The lowest BCUT2D eigenvalue weighted by atomic mass is 9.88. The van der Waals surface area contributed by atoms with Crippen molar-refractivity contribution in [2.24, 2.45) is 5.92 Å². The van der Waals surface area contributed by atoms with Gasteiger partial charge in [0, 0.05) is 50.0 Å². The van der Waals surface area contributed by atoms with Crippen molar-refractivity contribution in [3.8, 4) is 0 Å². The molecule has 1 aromatic carbocycles. The van der Waals surface area contributed by atoms with Gasteiger partial charge in [-0.2, -0.15) is 0 Å². The van der Waals surface area contributed by atoms with Gasteiger partial charge in [0.1, 0.15) is 17.2 Å². The first-order valence-corrected chi connectivity index (χ1v) is 12.1. The summed E-state index contributed by atoms with van der Waals surface area (Å²) in [5, 5.41) is 8.97. The number of fused-ring (bicyclic) bond motifs is 1. The van der Waals surface area contributed by atoms with Gasteiger partial charge in [0.05, 0.1) is 11.3 Å². The van der Waals surface area contributed by atoms with Crippen LogP contribution in [0.25, 0.3) is 5.57 Å². The van der Waals surface area contributed by atoms with Crippen molar-refractivity contribution in [1.29, 1.82) is 0 Å². The van der Waals surface area contributed by atoms with Crippen molar-refractivity contribution in [2.75, 3.05) is 43.8 Å². The summed E-state index contributed by atoms with van der Waals surface area (Å²) in [5.74, 6) is 1.00. The van der Waals surface area contributed by atoms with Gasteiger partial charge >= 0.3 is 6.03 Å². The van der Waals surface area contributed by atoms with E-state index in [1.807, 2.05) is 36.6 Å². The number of halogens is 1. The van der Waals surface area contributed by atoms with E-state index in [9.17, 15) is 14.0 Å². The lowest BCUT2D eigenvalue weighted by Crippen LogP contribution is -2.35. The number of allylic oxidation sites excluding steroid dienone is 2. The first-order valence-electron chi connectivity index (χ1n) is 11.2. The second kappa shape index (κ2) is 8.53. The number of nitrogens with zero attached hydrogens (tertiary/aromatic N) is 1. The van der Waals surface area contributed by atoms with Crippen molar-refractivity contribution in [2.45, 2.75) is 19.4 Å². The molecule has 0 bridgehead atoms. The maximum atomic E-state index is 13.6. The topological polar surface area (TPSA) is 82.7 Å². The Morgan fingerprint density at radius 1 is 1.33 bits per heavy atom. The molecule has 3 amide bonds. The van der Waals surface area contributed by atoms with Crippen LogP contribution in [0.2, 0.25) is 0 Å². The van der Waals surface area contributed by atoms with Crippen LogP contribution in [0.5, 0.6) is 0 Å². The maximum absolute atomic E-state index is 13.6. The van der Waals surface area contributed by atoms with Gasteiger partial charge in [0.2, 0.25) is 0 Å². The number of hydrogen-bond acceptors (Lipinski definition) is 5. The average molecular weight is 471 g/mol. The summed E-state index contributed by atoms with van der Waals surface area (Å²) < 4.78 is 19.8. The van der Waals surface area contributed by atoms with E-state index in [1.165, 1.54) is 17.0 Å². The van der Waals surface area contributed by atoms with Crippen LogP contribution < -0.4 is 16.0 Å². The number of urea groups is 1. The van der Waals surface area contributed by atoms with Crippen molar-refractivity contribution in [3.05, 3.63) is 58.0 Å². The summed E-state index contributed by atoms with van der Waals surface area (Å²) in [4.78, 5) is 27.3. The van der Waals surface area contributed by atoms with E-state index < -0.39 is 5.60 Å². The van der Waals surface area contributed by atoms with E-state index in [2.05, 4.69) is 22.0 Å². The predicted octanol–water partition coefficient (Wildman–Crippen LogP) is 3.09. The van der Waals surface area contributed by atoms with Gasteiger partial charge in [0.15, 0.2) is 0 Å². The lowest BCUT2D eigenvalue weighted by molar-refractivity contribution is -0.111. The zero-order valence-corrected chi connectivity index (χ0v) is 19.5. The molecule has 1 unspecified atom stereocenters.